The number of nitrogens with zero attached hydrogens (tertiary/aromatic N) is 1. The zero-order valence-corrected chi connectivity index (χ0v) is 11.0. The zero-order chi connectivity index (χ0) is 13.0. The van der Waals surface area contributed by atoms with Gasteiger partial charge >= 0.3 is 0 Å². The summed E-state index contributed by atoms with van der Waals surface area (Å²) >= 11 is 5.79. The fourth-order valence-corrected chi connectivity index (χ4v) is 2.25. The fraction of sp³-hybridized carbons (Fsp3) is 0.500. The van der Waals surface area contributed by atoms with Crippen molar-refractivity contribution in [3.8, 4) is 0 Å². The molecule has 2 unspecified atom stereocenters. The lowest BCUT2D eigenvalue weighted by atomic mass is 9.90. The molecule has 0 heterocycles. The highest BCUT2D eigenvalue weighted by molar-refractivity contribution is 6.30. The average Bonchev–Trinajstić information content (AvgIpc) is 2.30. The average molecular weight is 257 g/mol. The Morgan fingerprint density at radius 2 is 2.18 bits per heavy atom. The molecule has 0 saturated carbocycles. The van der Waals surface area contributed by atoms with Crippen LogP contribution in [0.3, 0.4) is 0 Å². The molecule has 5 heteroatoms. The molecule has 1 aromatic rings. The fourth-order valence-electron chi connectivity index (χ4n) is 2.08. The van der Waals surface area contributed by atoms with Gasteiger partial charge in [-0.1, -0.05) is 31.5 Å². The van der Waals surface area contributed by atoms with E-state index in [9.17, 15) is 10.1 Å². The van der Waals surface area contributed by atoms with Gasteiger partial charge < -0.3 is 5.32 Å². The van der Waals surface area contributed by atoms with Crippen LogP contribution in [0.15, 0.2) is 18.2 Å². The van der Waals surface area contributed by atoms with Gasteiger partial charge in [-0.2, -0.15) is 0 Å². The maximum atomic E-state index is 11.0. The van der Waals surface area contributed by atoms with Crippen LogP contribution in [0.5, 0.6) is 0 Å². The number of benzene rings is 1. The first kappa shape index (κ1) is 13.9. The lowest BCUT2D eigenvalue weighted by Crippen LogP contribution is -2.30. The van der Waals surface area contributed by atoms with Crippen molar-refractivity contribution in [3.63, 3.8) is 0 Å². The second kappa shape index (κ2) is 5.98. The highest BCUT2D eigenvalue weighted by atomic mass is 35.5. The Hall–Kier alpha value is -1.13. The van der Waals surface area contributed by atoms with Crippen LogP contribution < -0.4 is 5.32 Å². The second-order valence-electron chi connectivity index (χ2n) is 4.05. The summed E-state index contributed by atoms with van der Waals surface area (Å²) in [6.07, 6.45) is 0.914. The lowest BCUT2D eigenvalue weighted by Gasteiger charge is -2.22. The van der Waals surface area contributed by atoms with E-state index in [1.165, 1.54) is 6.07 Å². The Labute approximate surface area is 106 Å². The van der Waals surface area contributed by atoms with Crippen molar-refractivity contribution in [3.05, 3.63) is 38.9 Å². The van der Waals surface area contributed by atoms with E-state index in [-0.39, 0.29) is 22.6 Å². The first-order valence-corrected chi connectivity index (χ1v) is 6.00. The van der Waals surface area contributed by atoms with Crippen LogP contribution in [0, 0.1) is 10.1 Å². The van der Waals surface area contributed by atoms with Gasteiger partial charge in [-0.25, -0.2) is 0 Å². The minimum Gasteiger partial charge on any atom is -0.316 e. The summed E-state index contributed by atoms with van der Waals surface area (Å²) in [4.78, 5) is 10.6. The zero-order valence-electron chi connectivity index (χ0n) is 10.2. The molecule has 0 saturated heterocycles. The first-order chi connectivity index (χ1) is 8.01. The van der Waals surface area contributed by atoms with Gasteiger partial charge in [-0.05, 0) is 19.5 Å². The molecule has 17 heavy (non-hydrogen) atoms. The van der Waals surface area contributed by atoms with Gasteiger partial charge in [0, 0.05) is 28.6 Å². The molecule has 0 aliphatic carbocycles. The number of nitro benzene ring substituents is 1. The Bertz CT molecular complexity index is 405. The van der Waals surface area contributed by atoms with Gasteiger partial charge in [-0.15, -0.1) is 0 Å². The number of rotatable bonds is 5. The van der Waals surface area contributed by atoms with E-state index in [0.29, 0.717) is 5.02 Å². The number of likely N-dealkylation sites (N-methyl/N-ethyl adjacent to an activating group) is 1. The van der Waals surface area contributed by atoms with Crippen molar-refractivity contribution >= 4 is 17.3 Å². The van der Waals surface area contributed by atoms with Crippen LogP contribution in [-0.2, 0) is 0 Å². The van der Waals surface area contributed by atoms with Crippen molar-refractivity contribution in [2.75, 3.05) is 7.05 Å². The predicted octanol–water partition coefficient (Wildman–Crippen LogP) is 3.35. The van der Waals surface area contributed by atoms with E-state index in [1.807, 2.05) is 14.0 Å². The van der Waals surface area contributed by atoms with E-state index < -0.39 is 0 Å². The molecule has 0 aromatic heterocycles. The predicted molar refractivity (Wildman–Crippen MR) is 69.7 cm³/mol. The quantitative estimate of drug-likeness (QED) is 0.649. The molecule has 4 nitrogen and oxygen atoms in total. The Morgan fingerprint density at radius 3 is 2.65 bits per heavy atom. The minimum atomic E-state index is -0.375. The molecule has 94 valence electrons. The third-order valence-electron chi connectivity index (χ3n) is 3.09. The standard InChI is InChI=1S/C12H17ClN2O2/c1-4-11(14-3)8(2)10-6-5-9(13)7-12(10)15(16)17/h5-8,11,14H,4H2,1-3H3. The number of halogens is 1. The molecule has 0 radical (unpaired) electrons. The molecule has 0 fully saturated rings. The molecule has 1 N–H and O–H groups in total. The SMILES string of the molecule is CCC(NC)C(C)c1ccc(Cl)cc1[N+](=O)[O-]. The molecule has 0 aliphatic heterocycles. The highest BCUT2D eigenvalue weighted by Crippen LogP contribution is 2.31. The van der Waals surface area contributed by atoms with Gasteiger partial charge in [0.2, 0.25) is 0 Å². The Kier molecular flexibility index (Phi) is 4.90. The van der Waals surface area contributed by atoms with Crippen molar-refractivity contribution in [2.24, 2.45) is 0 Å². The normalized spacial score (nSPS) is 14.4. The van der Waals surface area contributed by atoms with Gasteiger partial charge in [0.25, 0.3) is 5.69 Å². The third kappa shape index (κ3) is 3.17. The van der Waals surface area contributed by atoms with Crippen molar-refractivity contribution < 1.29 is 4.92 Å². The van der Waals surface area contributed by atoms with Crippen molar-refractivity contribution in [1.29, 1.82) is 0 Å². The van der Waals surface area contributed by atoms with Crippen LogP contribution in [0.4, 0.5) is 5.69 Å². The summed E-state index contributed by atoms with van der Waals surface area (Å²) in [6, 6.07) is 5.07. The molecular weight excluding hydrogens is 240 g/mol. The van der Waals surface area contributed by atoms with E-state index in [0.717, 1.165) is 12.0 Å². The Balaban J connectivity index is 3.16. The van der Waals surface area contributed by atoms with Crippen LogP contribution in [0.2, 0.25) is 5.02 Å². The molecule has 2 atom stereocenters. The second-order valence-corrected chi connectivity index (χ2v) is 4.49. The van der Waals surface area contributed by atoms with Crippen LogP contribution >= 0.6 is 11.6 Å². The Morgan fingerprint density at radius 1 is 1.53 bits per heavy atom. The molecule has 0 spiro atoms. The third-order valence-corrected chi connectivity index (χ3v) is 3.33. The van der Waals surface area contributed by atoms with Crippen LogP contribution in [0.1, 0.15) is 31.7 Å². The van der Waals surface area contributed by atoms with Gasteiger partial charge in [0.1, 0.15) is 0 Å². The van der Waals surface area contributed by atoms with E-state index >= 15 is 0 Å². The molecule has 1 aromatic carbocycles. The van der Waals surface area contributed by atoms with Gasteiger partial charge in [-0.3, -0.25) is 10.1 Å². The number of hydrogen-bond donors (Lipinski definition) is 1. The van der Waals surface area contributed by atoms with Crippen molar-refractivity contribution in [1.82, 2.24) is 5.32 Å². The lowest BCUT2D eigenvalue weighted by molar-refractivity contribution is -0.385. The topological polar surface area (TPSA) is 55.2 Å². The molecule has 1 rings (SSSR count). The smallest absolute Gasteiger partial charge is 0.274 e. The monoisotopic (exact) mass is 256 g/mol. The van der Waals surface area contributed by atoms with Gasteiger partial charge in [0.05, 0.1) is 4.92 Å². The number of hydrogen-bond acceptors (Lipinski definition) is 3. The van der Waals surface area contributed by atoms with E-state index in [2.05, 4.69) is 12.2 Å². The molecule has 0 bridgehead atoms. The maximum Gasteiger partial charge on any atom is 0.274 e. The summed E-state index contributed by atoms with van der Waals surface area (Å²) in [7, 11) is 1.87. The summed E-state index contributed by atoms with van der Waals surface area (Å²) < 4.78 is 0. The van der Waals surface area contributed by atoms with Crippen molar-refractivity contribution in [2.45, 2.75) is 32.2 Å². The molecule has 0 amide bonds. The van der Waals surface area contributed by atoms with E-state index in [4.69, 9.17) is 11.6 Å². The minimum absolute atomic E-state index is 0.0719. The maximum absolute atomic E-state index is 11.0. The summed E-state index contributed by atoms with van der Waals surface area (Å²) in [6.45, 7) is 4.04. The summed E-state index contributed by atoms with van der Waals surface area (Å²) in [5.41, 5.74) is 0.819. The molecular formula is C12H17ClN2O2. The largest absolute Gasteiger partial charge is 0.316 e. The van der Waals surface area contributed by atoms with E-state index in [1.54, 1.807) is 12.1 Å². The van der Waals surface area contributed by atoms with Gasteiger partial charge in [0.15, 0.2) is 0 Å². The number of nitrogens with one attached hydrogen (secondary N) is 1. The number of nitro groups is 1. The van der Waals surface area contributed by atoms with Crippen LogP contribution in [0.25, 0.3) is 0 Å². The highest BCUT2D eigenvalue weighted by Gasteiger charge is 2.24. The summed E-state index contributed by atoms with van der Waals surface area (Å²) in [5.74, 6) is 0.0719. The first-order valence-electron chi connectivity index (χ1n) is 5.62. The van der Waals surface area contributed by atoms with Crippen LogP contribution in [-0.4, -0.2) is 18.0 Å². The summed E-state index contributed by atoms with van der Waals surface area (Å²) in [5, 5.41) is 14.6. The molecule has 0 aliphatic rings.